The lowest BCUT2D eigenvalue weighted by atomic mass is 9.78. The van der Waals surface area contributed by atoms with E-state index < -0.39 is 21.9 Å². The van der Waals surface area contributed by atoms with E-state index in [1.165, 1.54) is 11.2 Å². The Balaban J connectivity index is 1.42. The average Bonchev–Trinajstić information content (AvgIpc) is 3.11. The summed E-state index contributed by atoms with van der Waals surface area (Å²) in [6, 6.07) is 1.36. The normalized spacial score (nSPS) is 24.5. The van der Waals surface area contributed by atoms with Gasteiger partial charge in [-0.2, -0.15) is 17.5 Å². The van der Waals surface area contributed by atoms with E-state index in [1.54, 1.807) is 0 Å². The van der Waals surface area contributed by atoms with Gasteiger partial charge < -0.3 is 4.74 Å². The number of likely N-dealkylation sites (tertiary alicyclic amines) is 1. The van der Waals surface area contributed by atoms with Crippen LogP contribution in [0.15, 0.2) is 17.2 Å². The molecule has 4 heterocycles. The topological polar surface area (TPSA) is 62.7 Å². The molecule has 6 nitrogen and oxygen atoms in total. The third-order valence-corrected chi connectivity index (χ3v) is 8.96. The van der Waals surface area contributed by atoms with Crippen LogP contribution in [-0.2, 0) is 20.9 Å². The smallest absolute Gasteiger partial charge is 0.381 e. The van der Waals surface area contributed by atoms with Crippen molar-refractivity contribution >= 4 is 10.0 Å². The summed E-state index contributed by atoms with van der Waals surface area (Å²) in [5.74, 6) is 0. The van der Waals surface area contributed by atoms with E-state index in [1.807, 2.05) is 0 Å². The number of hydrogen-bond acceptors (Lipinski definition) is 5. The molecule has 1 spiro atoms. The van der Waals surface area contributed by atoms with Gasteiger partial charge in [-0.25, -0.2) is 8.42 Å². The molecule has 0 unspecified atom stereocenters. The molecular weight excluding hydrogens is 419 g/mol. The van der Waals surface area contributed by atoms with Crippen LogP contribution in [0.1, 0.15) is 43.4 Å². The summed E-state index contributed by atoms with van der Waals surface area (Å²) in [5, 5.41) is 0. The monoisotopic (exact) mass is 447 g/mol. The SMILES string of the molecule is Cc1cc(C(F)(F)F)ncc1S(=O)(=O)N1CCC2(CCN(C3CCOCC3)C2)CC1. The number of rotatable bonds is 3. The minimum atomic E-state index is -4.59. The maximum atomic E-state index is 13.1. The Hall–Kier alpha value is -1.23. The summed E-state index contributed by atoms with van der Waals surface area (Å²) < 4.78 is 71.6. The van der Waals surface area contributed by atoms with E-state index >= 15 is 0 Å². The van der Waals surface area contributed by atoms with Crippen molar-refractivity contribution < 1.29 is 26.3 Å². The highest BCUT2D eigenvalue weighted by Crippen LogP contribution is 2.43. The number of nitrogens with zero attached hydrogens (tertiary/aromatic N) is 3. The summed E-state index contributed by atoms with van der Waals surface area (Å²) >= 11 is 0. The number of aryl methyl sites for hydroxylation is 1. The average molecular weight is 448 g/mol. The number of sulfonamides is 1. The Morgan fingerprint density at radius 1 is 1.13 bits per heavy atom. The number of halogens is 3. The highest BCUT2D eigenvalue weighted by atomic mass is 32.2. The van der Waals surface area contributed by atoms with Crippen LogP contribution in [-0.4, -0.2) is 68.0 Å². The van der Waals surface area contributed by atoms with Gasteiger partial charge in [-0.1, -0.05) is 0 Å². The summed E-state index contributed by atoms with van der Waals surface area (Å²) in [7, 11) is -3.86. The highest BCUT2D eigenvalue weighted by Gasteiger charge is 2.44. The summed E-state index contributed by atoms with van der Waals surface area (Å²) in [6.45, 7) is 5.82. The molecule has 0 aromatic carbocycles. The van der Waals surface area contributed by atoms with Crippen molar-refractivity contribution in [1.82, 2.24) is 14.2 Å². The second-order valence-corrected chi connectivity index (χ2v) is 10.7. The predicted molar refractivity (Wildman–Crippen MR) is 104 cm³/mol. The van der Waals surface area contributed by atoms with Crippen LogP contribution in [0.3, 0.4) is 0 Å². The van der Waals surface area contributed by atoms with E-state index in [2.05, 4.69) is 9.88 Å². The predicted octanol–water partition coefficient (Wildman–Crippen LogP) is 3.06. The fourth-order valence-corrected chi connectivity index (χ4v) is 6.64. The van der Waals surface area contributed by atoms with Crippen LogP contribution in [0.5, 0.6) is 0 Å². The van der Waals surface area contributed by atoms with Crippen LogP contribution < -0.4 is 0 Å². The van der Waals surface area contributed by atoms with E-state index in [4.69, 9.17) is 4.74 Å². The first-order valence-corrected chi connectivity index (χ1v) is 11.9. The highest BCUT2D eigenvalue weighted by molar-refractivity contribution is 7.89. The van der Waals surface area contributed by atoms with E-state index in [0.29, 0.717) is 19.1 Å². The fourth-order valence-electron chi connectivity index (χ4n) is 5.05. The Bertz CT molecular complexity index is 877. The number of pyridine rings is 1. The van der Waals surface area contributed by atoms with Gasteiger partial charge in [-0.3, -0.25) is 9.88 Å². The summed E-state index contributed by atoms with van der Waals surface area (Å²) in [6.07, 6.45) is 0.981. The first-order chi connectivity index (χ1) is 14.1. The van der Waals surface area contributed by atoms with Gasteiger partial charge in [0, 0.05) is 45.1 Å². The number of alkyl halides is 3. The first-order valence-electron chi connectivity index (χ1n) is 10.5. The third-order valence-electron chi connectivity index (χ3n) is 6.93. The molecule has 3 fully saturated rings. The van der Waals surface area contributed by atoms with Gasteiger partial charge >= 0.3 is 6.18 Å². The zero-order valence-corrected chi connectivity index (χ0v) is 17.9. The number of aromatic nitrogens is 1. The van der Waals surface area contributed by atoms with Crippen LogP contribution in [0.25, 0.3) is 0 Å². The summed E-state index contributed by atoms with van der Waals surface area (Å²) in [4.78, 5) is 5.76. The van der Waals surface area contributed by atoms with E-state index in [-0.39, 0.29) is 15.9 Å². The molecule has 4 rings (SSSR count). The van der Waals surface area contributed by atoms with Gasteiger partial charge in [-0.05, 0) is 62.6 Å². The van der Waals surface area contributed by atoms with Gasteiger partial charge in [0.1, 0.15) is 10.6 Å². The lowest BCUT2D eigenvalue weighted by molar-refractivity contribution is -0.141. The Kier molecular flexibility index (Phi) is 5.89. The Morgan fingerprint density at radius 3 is 2.37 bits per heavy atom. The molecule has 0 aliphatic carbocycles. The van der Waals surface area contributed by atoms with Crippen molar-refractivity contribution in [2.75, 3.05) is 39.4 Å². The number of ether oxygens (including phenoxy) is 1. The molecule has 3 saturated heterocycles. The lowest BCUT2D eigenvalue weighted by Gasteiger charge is -2.40. The van der Waals surface area contributed by atoms with Crippen LogP contribution in [0.2, 0.25) is 0 Å². The Labute approximate surface area is 175 Å². The van der Waals surface area contributed by atoms with E-state index in [0.717, 1.165) is 70.7 Å². The molecule has 0 saturated carbocycles. The molecule has 30 heavy (non-hydrogen) atoms. The van der Waals surface area contributed by atoms with Crippen LogP contribution in [0, 0.1) is 12.3 Å². The van der Waals surface area contributed by atoms with Crippen molar-refractivity contribution in [3.63, 3.8) is 0 Å². The van der Waals surface area contributed by atoms with Crippen molar-refractivity contribution in [2.45, 2.75) is 56.1 Å². The van der Waals surface area contributed by atoms with Crippen molar-refractivity contribution in [1.29, 1.82) is 0 Å². The van der Waals surface area contributed by atoms with Crippen molar-refractivity contribution in [2.24, 2.45) is 5.41 Å². The van der Waals surface area contributed by atoms with E-state index in [9.17, 15) is 21.6 Å². The minimum Gasteiger partial charge on any atom is -0.381 e. The van der Waals surface area contributed by atoms with Crippen LogP contribution >= 0.6 is 0 Å². The standard InChI is InChI=1S/C20H28F3N3O3S/c1-15-12-18(20(21,22)23)24-13-17(15)30(27,28)26-8-5-19(6-9-26)4-7-25(14-19)16-2-10-29-11-3-16/h12-13,16H,2-11,14H2,1H3. The minimum absolute atomic E-state index is 0.0733. The molecule has 168 valence electrons. The van der Waals surface area contributed by atoms with Crippen molar-refractivity contribution in [3.8, 4) is 0 Å². The van der Waals surface area contributed by atoms with Gasteiger partial charge in [-0.15, -0.1) is 0 Å². The quantitative estimate of drug-likeness (QED) is 0.713. The molecule has 3 aliphatic rings. The largest absolute Gasteiger partial charge is 0.433 e. The molecule has 0 bridgehead atoms. The van der Waals surface area contributed by atoms with Gasteiger partial charge in [0.25, 0.3) is 0 Å². The first kappa shape index (κ1) is 22.0. The zero-order valence-electron chi connectivity index (χ0n) is 17.1. The second kappa shape index (κ2) is 8.03. The van der Waals surface area contributed by atoms with Gasteiger partial charge in [0.2, 0.25) is 10.0 Å². The molecule has 0 N–H and O–H groups in total. The molecule has 1 aromatic heterocycles. The van der Waals surface area contributed by atoms with Crippen molar-refractivity contribution in [3.05, 3.63) is 23.5 Å². The number of hydrogen-bond donors (Lipinski definition) is 0. The molecule has 0 radical (unpaired) electrons. The molecule has 10 heteroatoms. The molecule has 0 atom stereocenters. The summed E-state index contributed by atoms with van der Waals surface area (Å²) in [5.41, 5.74) is -0.863. The van der Waals surface area contributed by atoms with Gasteiger partial charge in [0.15, 0.2) is 0 Å². The molecule has 3 aliphatic heterocycles. The molecular formula is C20H28F3N3O3S. The fraction of sp³-hybridized carbons (Fsp3) is 0.750. The second-order valence-electron chi connectivity index (χ2n) is 8.80. The number of piperidine rings is 1. The zero-order chi connectivity index (χ0) is 21.6. The molecule has 0 amide bonds. The maximum absolute atomic E-state index is 13.1. The van der Waals surface area contributed by atoms with Gasteiger partial charge in [0.05, 0.1) is 0 Å². The maximum Gasteiger partial charge on any atom is 0.433 e. The third kappa shape index (κ3) is 4.24. The van der Waals surface area contributed by atoms with Crippen LogP contribution in [0.4, 0.5) is 13.2 Å². The lowest BCUT2D eigenvalue weighted by Crippen LogP contribution is -2.45. The Morgan fingerprint density at radius 2 is 1.77 bits per heavy atom. The molecule has 1 aromatic rings.